The Hall–Kier alpha value is -0.110. The molecule has 0 saturated heterocycles. The van der Waals surface area contributed by atoms with E-state index in [9.17, 15) is 0 Å². The Morgan fingerprint density at radius 3 is 2.38 bits per heavy atom. The summed E-state index contributed by atoms with van der Waals surface area (Å²) >= 11 is 4.83. The molecule has 0 rings (SSSR count). The molecule has 0 aliphatic carbocycles. The van der Waals surface area contributed by atoms with Gasteiger partial charge in [0.15, 0.2) is 0 Å². The van der Waals surface area contributed by atoms with Crippen molar-refractivity contribution in [2.45, 2.75) is 33.2 Å². The van der Waals surface area contributed by atoms with E-state index in [-0.39, 0.29) is 0 Å². The van der Waals surface area contributed by atoms with E-state index < -0.39 is 0 Å². The first-order chi connectivity index (χ1) is 3.66. The van der Waals surface area contributed by atoms with Crippen molar-refractivity contribution in [1.82, 2.24) is 5.32 Å². The van der Waals surface area contributed by atoms with E-state index in [0.717, 1.165) is 11.4 Å². The molecule has 0 aromatic rings. The molecule has 0 aliphatic rings. The first-order valence-corrected chi connectivity index (χ1v) is 3.34. The summed E-state index contributed by atoms with van der Waals surface area (Å²) < 4.78 is 0. The van der Waals surface area contributed by atoms with Crippen molar-refractivity contribution in [1.29, 1.82) is 0 Å². The average Bonchev–Trinajstić information content (AvgIpc) is 1.65. The van der Waals surface area contributed by atoms with Crippen LogP contribution in [0.2, 0.25) is 0 Å². The lowest BCUT2D eigenvalue weighted by atomic mass is 10.3. The van der Waals surface area contributed by atoms with E-state index >= 15 is 0 Å². The number of thiocarbonyl (C=S) groups is 1. The third-order valence-electron chi connectivity index (χ3n) is 1.06. The molecule has 0 unspecified atom stereocenters. The molecule has 0 bridgehead atoms. The molecule has 2 heteroatoms. The van der Waals surface area contributed by atoms with Crippen LogP contribution in [0.15, 0.2) is 0 Å². The van der Waals surface area contributed by atoms with Crippen LogP contribution in [0, 0.1) is 0 Å². The van der Waals surface area contributed by atoms with Crippen LogP contribution in [0.4, 0.5) is 0 Å². The summed E-state index contributed by atoms with van der Waals surface area (Å²) in [7, 11) is 0. The Balaban J connectivity index is 3.24. The van der Waals surface area contributed by atoms with E-state index in [1.165, 1.54) is 0 Å². The van der Waals surface area contributed by atoms with Crippen LogP contribution < -0.4 is 5.32 Å². The summed E-state index contributed by atoms with van der Waals surface area (Å²) in [6.45, 7) is 6.16. The number of nitrogens with one attached hydrogen (secondary N) is 1. The normalized spacial score (nSPS) is 12.9. The van der Waals surface area contributed by atoms with Crippen LogP contribution in [0.5, 0.6) is 0 Å². The zero-order valence-corrected chi connectivity index (χ0v) is 6.51. The predicted octanol–water partition coefficient (Wildman–Crippen LogP) is 1.72. The van der Waals surface area contributed by atoms with Gasteiger partial charge in [-0.25, -0.2) is 0 Å². The summed E-state index contributed by atoms with van der Waals surface area (Å²) in [6, 6.07) is 0.535. The highest BCUT2D eigenvalue weighted by molar-refractivity contribution is 7.80. The topological polar surface area (TPSA) is 12.0 Å². The smallest absolute Gasteiger partial charge is 0.0723 e. The molecule has 0 aliphatic heterocycles. The predicted molar refractivity (Wildman–Crippen MR) is 41.2 cm³/mol. The standard InChI is InChI=1S/C6H13NS/c1-4-5(2)7-6(3)8/h5H,4H2,1-3H3,(H,7,8)/t5-/m1/s1. The maximum atomic E-state index is 4.83. The molecule has 0 saturated carbocycles. The maximum absolute atomic E-state index is 4.83. The molecule has 0 heterocycles. The van der Waals surface area contributed by atoms with Gasteiger partial charge in [-0.15, -0.1) is 0 Å². The second kappa shape index (κ2) is 3.84. The lowest BCUT2D eigenvalue weighted by Crippen LogP contribution is -2.28. The summed E-state index contributed by atoms with van der Waals surface area (Å²) in [4.78, 5) is 0.888. The minimum atomic E-state index is 0.535. The molecule has 0 fully saturated rings. The van der Waals surface area contributed by atoms with Crippen LogP contribution >= 0.6 is 12.2 Å². The number of hydrogen-bond acceptors (Lipinski definition) is 1. The van der Waals surface area contributed by atoms with Gasteiger partial charge in [-0.1, -0.05) is 19.1 Å². The molecule has 0 spiro atoms. The summed E-state index contributed by atoms with van der Waals surface area (Å²) in [5.41, 5.74) is 0. The van der Waals surface area contributed by atoms with Gasteiger partial charge < -0.3 is 5.32 Å². The Morgan fingerprint density at radius 2 is 2.25 bits per heavy atom. The molecule has 1 N–H and O–H groups in total. The molecule has 1 atom stereocenters. The van der Waals surface area contributed by atoms with Gasteiger partial charge in [0.25, 0.3) is 0 Å². The lowest BCUT2D eigenvalue weighted by molar-refractivity contribution is 0.645. The van der Waals surface area contributed by atoms with Gasteiger partial charge in [0.05, 0.1) is 4.99 Å². The van der Waals surface area contributed by atoms with Gasteiger partial charge in [-0.2, -0.15) is 0 Å². The highest BCUT2D eigenvalue weighted by Crippen LogP contribution is 1.86. The van der Waals surface area contributed by atoms with Crippen molar-refractivity contribution in [2.75, 3.05) is 0 Å². The average molecular weight is 131 g/mol. The van der Waals surface area contributed by atoms with Crippen LogP contribution in [-0.2, 0) is 0 Å². The van der Waals surface area contributed by atoms with E-state index in [1.54, 1.807) is 0 Å². The minimum absolute atomic E-state index is 0.535. The molecule has 0 radical (unpaired) electrons. The Labute approximate surface area is 56.5 Å². The molecule has 0 amide bonds. The van der Waals surface area contributed by atoms with Crippen molar-refractivity contribution in [3.8, 4) is 0 Å². The largest absolute Gasteiger partial charge is 0.377 e. The van der Waals surface area contributed by atoms with E-state index in [0.29, 0.717) is 6.04 Å². The fourth-order valence-electron chi connectivity index (χ4n) is 0.449. The van der Waals surface area contributed by atoms with Gasteiger partial charge in [0.1, 0.15) is 0 Å². The summed E-state index contributed by atoms with van der Waals surface area (Å²) in [5.74, 6) is 0. The van der Waals surface area contributed by atoms with Crippen LogP contribution in [-0.4, -0.2) is 11.0 Å². The van der Waals surface area contributed by atoms with Gasteiger partial charge in [-0.3, -0.25) is 0 Å². The van der Waals surface area contributed by atoms with Crippen LogP contribution in [0.1, 0.15) is 27.2 Å². The lowest BCUT2D eigenvalue weighted by Gasteiger charge is -2.09. The SMILES string of the molecule is CC[C@@H](C)NC(C)=S. The highest BCUT2D eigenvalue weighted by atomic mass is 32.1. The zero-order chi connectivity index (χ0) is 6.57. The molecule has 1 nitrogen and oxygen atoms in total. The minimum Gasteiger partial charge on any atom is -0.377 e. The summed E-state index contributed by atoms with van der Waals surface area (Å²) in [6.07, 6.45) is 1.13. The molecular weight excluding hydrogens is 118 g/mol. The molecule has 8 heavy (non-hydrogen) atoms. The maximum Gasteiger partial charge on any atom is 0.0723 e. The first-order valence-electron chi connectivity index (χ1n) is 2.94. The third-order valence-corrected chi connectivity index (χ3v) is 1.18. The van der Waals surface area contributed by atoms with Crippen molar-refractivity contribution < 1.29 is 0 Å². The molecule has 0 aromatic carbocycles. The fourth-order valence-corrected chi connectivity index (χ4v) is 0.650. The number of rotatable bonds is 2. The van der Waals surface area contributed by atoms with Gasteiger partial charge in [0.2, 0.25) is 0 Å². The van der Waals surface area contributed by atoms with Gasteiger partial charge >= 0.3 is 0 Å². The molecule has 0 aromatic heterocycles. The van der Waals surface area contributed by atoms with Crippen molar-refractivity contribution in [3.05, 3.63) is 0 Å². The van der Waals surface area contributed by atoms with Gasteiger partial charge in [-0.05, 0) is 20.3 Å². The van der Waals surface area contributed by atoms with Crippen LogP contribution in [0.25, 0.3) is 0 Å². The number of hydrogen-bond donors (Lipinski definition) is 1. The fraction of sp³-hybridized carbons (Fsp3) is 0.833. The monoisotopic (exact) mass is 131 g/mol. The van der Waals surface area contributed by atoms with E-state index in [4.69, 9.17) is 12.2 Å². The Bertz CT molecular complexity index is 80.6. The quantitative estimate of drug-likeness (QED) is 0.573. The van der Waals surface area contributed by atoms with Crippen molar-refractivity contribution in [3.63, 3.8) is 0 Å². The zero-order valence-electron chi connectivity index (χ0n) is 5.69. The van der Waals surface area contributed by atoms with Crippen molar-refractivity contribution in [2.24, 2.45) is 0 Å². The van der Waals surface area contributed by atoms with Crippen LogP contribution in [0.3, 0.4) is 0 Å². The van der Waals surface area contributed by atoms with Crippen molar-refractivity contribution >= 4 is 17.2 Å². The molecular formula is C6H13NS. The Kier molecular flexibility index (Phi) is 3.79. The second-order valence-electron chi connectivity index (χ2n) is 2.01. The highest BCUT2D eigenvalue weighted by Gasteiger charge is 1.93. The third kappa shape index (κ3) is 4.06. The van der Waals surface area contributed by atoms with E-state index in [2.05, 4.69) is 19.2 Å². The van der Waals surface area contributed by atoms with E-state index in [1.807, 2.05) is 6.92 Å². The Morgan fingerprint density at radius 1 is 1.75 bits per heavy atom. The first kappa shape index (κ1) is 7.89. The van der Waals surface area contributed by atoms with Gasteiger partial charge in [0, 0.05) is 6.04 Å². The molecule has 48 valence electrons. The second-order valence-corrected chi connectivity index (χ2v) is 2.62. The summed E-state index contributed by atoms with van der Waals surface area (Å²) in [5, 5.41) is 3.12.